The molecule has 2 saturated heterocycles. The number of likely N-dealkylation sites (tertiary alicyclic amines) is 1. The van der Waals surface area contributed by atoms with Gasteiger partial charge in [0.25, 0.3) is 11.9 Å². The minimum absolute atomic E-state index is 0.0156. The lowest BCUT2D eigenvalue weighted by Gasteiger charge is -2.30. The predicted molar refractivity (Wildman–Crippen MR) is 332 cm³/mol. The third-order valence-electron chi connectivity index (χ3n) is 14.1. The van der Waals surface area contributed by atoms with Crippen molar-refractivity contribution < 1.29 is 82.8 Å². The zero-order valence-electron chi connectivity index (χ0n) is 51.8. The summed E-state index contributed by atoms with van der Waals surface area (Å²) in [5, 5.41) is 59.3. The lowest BCUT2D eigenvalue weighted by molar-refractivity contribution is -0.142. The molecule has 2 aliphatic heterocycles. The molecule has 2 aliphatic rings. The average molecular weight is 1300 g/mol. The number of nitrogens with zero attached hydrogens (tertiary/aromatic N) is 3. The molecule has 2 aromatic heterocycles. The first-order chi connectivity index (χ1) is 44.0. The van der Waals surface area contributed by atoms with Crippen molar-refractivity contribution in [2.24, 2.45) is 28.1 Å². The smallest absolute Gasteiger partial charge is 0.300 e. The van der Waals surface area contributed by atoms with Crippen molar-refractivity contribution in [1.29, 1.82) is 0 Å². The molecule has 11 amide bonds. The Morgan fingerprint density at radius 2 is 1.30 bits per heavy atom. The van der Waals surface area contributed by atoms with Gasteiger partial charge in [0.1, 0.15) is 54.1 Å². The second kappa shape index (κ2) is 37.5. The number of aliphatic carboxylic acids is 2. The summed E-state index contributed by atoms with van der Waals surface area (Å²) in [6.45, 7) is 3.79. The van der Waals surface area contributed by atoms with Crippen molar-refractivity contribution in [3.63, 3.8) is 0 Å². The van der Waals surface area contributed by atoms with Crippen LogP contribution in [0.5, 0.6) is 5.75 Å². The fourth-order valence-electron chi connectivity index (χ4n) is 9.79. The van der Waals surface area contributed by atoms with Crippen molar-refractivity contribution >= 4 is 93.8 Å². The molecule has 0 saturated carbocycles. The maximum atomic E-state index is 14.4. The van der Waals surface area contributed by atoms with Crippen LogP contribution in [-0.4, -0.2) is 204 Å². The summed E-state index contributed by atoms with van der Waals surface area (Å²) < 4.78 is 0. The number of hydrogen-bond acceptors (Lipinski definition) is 17. The molecule has 2 fully saturated rings. The third-order valence-corrected chi connectivity index (χ3v) is 14.1. The van der Waals surface area contributed by atoms with Gasteiger partial charge in [-0.2, -0.15) is 0 Å². The van der Waals surface area contributed by atoms with Crippen molar-refractivity contribution in [1.82, 2.24) is 67.7 Å². The number of benzene rings is 2. The van der Waals surface area contributed by atoms with Gasteiger partial charge in [0.2, 0.25) is 65.0 Å². The standard InChI is InChI=1S/C55H75N17O13.2C2H4O2/c1-29(2)19-38(49(80)67-37(9-5-17-60-55(57)58)54(85)72-18-6-10-43(72)53(84)62-25-44(56)75)66-46(77)26-63-47(78)39(20-30-11-13-33(74)14-12-30)68-52(83)42(27-73)71-50(81)40(21-31-23-61-35-8-4-3-7-34(31)35)69-51(82)41(22-32-24-59-28-64-32)70-48(79)36-15-16-45(76)65-36;2*1-2(3)4/h3-4,7-8,11-14,23-24,28-29,36-43,61,73-74H,5-6,9-10,15-22,25-27H2,1-2H3,(H2,56,75)(H,59,64)(H,62,84)(H,63,78)(H,65,76)(H,66,77)(H,67,80)(H,68,83)(H,69,82)(H,70,79)(H,71,81)(H4,57,58,60);2*1H3,(H,3,4)/t36-,37-,38-,39-,40-,41-,42-,43-;;/m0../s1. The van der Waals surface area contributed by atoms with E-state index in [2.05, 4.69) is 67.8 Å². The first-order valence-corrected chi connectivity index (χ1v) is 29.7. The number of carbonyl (C=O) groups excluding carboxylic acids is 11. The van der Waals surface area contributed by atoms with E-state index in [1.165, 1.54) is 41.7 Å². The number of hydrogen-bond donors (Lipinski definition) is 18. The van der Waals surface area contributed by atoms with Crippen LogP contribution in [0, 0.1) is 5.92 Å². The summed E-state index contributed by atoms with van der Waals surface area (Å²) in [6.07, 6.45) is 5.24. The topological polar surface area (TPSA) is 549 Å². The third kappa shape index (κ3) is 26.0. The number of phenols is 1. The van der Waals surface area contributed by atoms with E-state index in [4.69, 9.17) is 37.0 Å². The van der Waals surface area contributed by atoms with Crippen molar-refractivity contribution in [3.8, 4) is 5.75 Å². The van der Waals surface area contributed by atoms with Crippen LogP contribution in [-0.2, 0) is 81.6 Å². The minimum Gasteiger partial charge on any atom is -0.508 e. The Balaban J connectivity index is 0.00000217. The highest BCUT2D eigenvalue weighted by Crippen LogP contribution is 2.22. The maximum Gasteiger partial charge on any atom is 0.300 e. The van der Waals surface area contributed by atoms with Crippen LogP contribution in [0.25, 0.3) is 10.9 Å². The van der Waals surface area contributed by atoms with Gasteiger partial charge in [0.05, 0.1) is 26.0 Å². The highest BCUT2D eigenvalue weighted by atomic mass is 16.4. The number of carboxylic acid groups (broad SMARTS) is 2. The van der Waals surface area contributed by atoms with Gasteiger partial charge in [0, 0.05) is 81.6 Å². The molecule has 0 radical (unpaired) electrons. The number of carboxylic acids is 2. The second-order valence-electron chi connectivity index (χ2n) is 22.2. The number of guanidine groups is 1. The lowest BCUT2D eigenvalue weighted by atomic mass is 10.0. The number of nitrogens with two attached hydrogens (primary N) is 3. The number of aliphatic hydroxyl groups excluding tert-OH is 1. The number of para-hydroxylation sites is 1. The molecule has 506 valence electrons. The van der Waals surface area contributed by atoms with Crippen LogP contribution in [0.4, 0.5) is 0 Å². The van der Waals surface area contributed by atoms with Gasteiger partial charge in [-0.3, -0.25) is 67.3 Å². The number of primary amides is 1. The monoisotopic (exact) mass is 1300 g/mol. The predicted octanol–water partition coefficient (Wildman–Crippen LogP) is -4.21. The van der Waals surface area contributed by atoms with Crippen LogP contribution < -0.4 is 65.1 Å². The van der Waals surface area contributed by atoms with E-state index in [0.717, 1.165) is 13.8 Å². The summed E-state index contributed by atoms with van der Waals surface area (Å²) in [7, 11) is 0. The number of carbonyl (C=O) groups is 13. The van der Waals surface area contributed by atoms with E-state index >= 15 is 0 Å². The lowest BCUT2D eigenvalue weighted by Crippen LogP contribution is -2.60. The van der Waals surface area contributed by atoms with Gasteiger partial charge in [-0.05, 0) is 73.8 Å². The van der Waals surface area contributed by atoms with Crippen LogP contribution in [0.15, 0.2) is 72.2 Å². The summed E-state index contributed by atoms with van der Waals surface area (Å²) in [5.41, 5.74) is 18.3. The number of nitrogens with one attached hydrogen (secondary N) is 11. The van der Waals surface area contributed by atoms with Gasteiger partial charge in [-0.25, -0.2) is 4.98 Å². The summed E-state index contributed by atoms with van der Waals surface area (Å²) in [4.78, 5) is 182. The number of aromatic hydroxyl groups is 1. The number of imidazole rings is 1. The van der Waals surface area contributed by atoms with Crippen molar-refractivity contribution in [2.75, 3.05) is 32.8 Å². The molecule has 0 unspecified atom stereocenters. The Labute approximate surface area is 533 Å². The number of aromatic amines is 2. The molecule has 6 rings (SSSR count). The molecule has 34 nitrogen and oxygen atoms in total. The molecule has 21 N–H and O–H groups in total. The highest BCUT2D eigenvalue weighted by Gasteiger charge is 2.39. The number of amides is 11. The van der Waals surface area contributed by atoms with Crippen molar-refractivity contribution in [3.05, 3.63) is 84.1 Å². The van der Waals surface area contributed by atoms with E-state index in [-0.39, 0.29) is 94.4 Å². The number of rotatable bonds is 31. The van der Waals surface area contributed by atoms with Gasteiger partial charge < -0.3 is 100 Å². The Bertz CT molecular complexity index is 3260. The Kier molecular flexibility index (Phi) is 30.1. The zero-order chi connectivity index (χ0) is 68.9. The summed E-state index contributed by atoms with van der Waals surface area (Å²) in [6, 6.07) is 2.37. The quantitative estimate of drug-likeness (QED) is 0.0129. The fourth-order valence-corrected chi connectivity index (χ4v) is 9.79. The molecular weight excluding hydrogens is 1220 g/mol. The summed E-state index contributed by atoms with van der Waals surface area (Å²) in [5.74, 6) is -10.5. The van der Waals surface area contributed by atoms with Crippen LogP contribution in [0.3, 0.4) is 0 Å². The van der Waals surface area contributed by atoms with E-state index in [1.807, 2.05) is 0 Å². The molecule has 34 heteroatoms. The van der Waals surface area contributed by atoms with Gasteiger partial charge in [-0.1, -0.05) is 44.2 Å². The number of aliphatic imine (C=N–C) groups is 1. The normalized spacial score (nSPS) is 15.8. The molecule has 0 bridgehead atoms. The highest BCUT2D eigenvalue weighted by molar-refractivity contribution is 5.99. The number of aliphatic hydroxyl groups is 1. The first kappa shape index (κ1) is 74.8. The molecular formula is C59H83N17O17. The fraction of sp³-hybridized carbons (Fsp3) is 0.475. The van der Waals surface area contributed by atoms with E-state index in [0.29, 0.717) is 34.1 Å². The van der Waals surface area contributed by atoms with Gasteiger partial charge in [0.15, 0.2) is 5.96 Å². The number of phenolic OH excluding ortho intramolecular Hbond substituents is 1. The van der Waals surface area contributed by atoms with Crippen LogP contribution in [0.1, 0.15) is 89.5 Å². The average Bonchev–Trinajstić information content (AvgIpc) is 1.82. The van der Waals surface area contributed by atoms with Crippen LogP contribution >= 0.6 is 0 Å². The largest absolute Gasteiger partial charge is 0.508 e. The van der Waals surface area contributed by atoms with E-state index in [9.17, 15) is 63.0 Å². The number of aromatic nitrogens is 3. The Morgan fingerprint density at radius 3 is 1.89 bits per heavy atom. The molecule has 4 aromatic rings. The van der Waals surface area contributed by atoms with E-state index in [1.54, 1.807) is 44.3 Å². The van der Waals surface area contributed by atoms with Gasteiger partial charge >= 0.3 is 0 Å². The Morgan fingerprint density at radius 1 is 0.699 bits per heavy atom. The Hall–Kier alpha value is -10.7. The molecule has 0 spiro atoms. The number of fused-ring (bicyclic) bond motifs is 1. The SMILES string of the molecule is CC(=O)O.CC(=O)O.CC(C)C[C@H](NC(=O)CNC(=O)[C@H](Cc1ccc(O)cc1)NC(=O)[C@H](CO)NC(=O)[C@H](Cc1c[nH]c2ccccc12)NC(=O)[C@H](Cc1cnc[nH]1)NC(=O)[C@@H]1CCC(=O)N1)C(=O)N[C@@H](CCCN=C(N)N)C(=O)N1CCC[C@H]1C(=O)NCC(N)=O. The molecule has 2 aromatic carbocycles. The van der Waals surface area contributed by atoms with Crippen molar-refractivity contribution in [2.45, 2.75) is 140 Å². The molecule has 0 aliphatic carbocycles. The summed E-state index contributed by atoms with van der Waals surface area (Å²) >= 11 is 0. The number of H-pyrrole nitrogens is 2. The molecule has 8 atom stereocenters. The maximum absolute atomic E-state index is 14.4. The molecule has 4 heterocycles. The molecule has 93 heavy (non-hydrogen) atoms. The second-order valence-corrected chi connectivity index (χ2v) is 22.2. The zero-order valence-corrected chi connectivity index (χ0v) is 51.8. The first-order valence-electron chi connectivity index (χ1n) is 29.7. The minimum atomic E-state index is -1.76. The van der Waals surface area contributed by atoms with E-state index < -0.39 is 139 Å². The van der Waals surface area contributed by atoms with Crippen LogP contribution in [0.2, 0.25) is 0 Å². The van der Waals surface area contributed by atoms with Gasteiger partial charge in [-0.15, -0.1) is 0 Å².